The molecule has 1 aliphatic heterocycles. The molecule has 0 aliphatic carbocycles. The molecule has 2 amide bonds. The van der Waals surface area contributed by atoms with Crippen LogP contribution in [0.1, 0.15) is 38.8 Å². The van der Waals surface area contributed by atoms with Gasteiger partial charge < -0.3 is 20.9 Å². The van der Waals surface area contributed by atoms with E-state index in [1.165, 1.54) is 0 Å². The van der Waals surface area contributed by atoms with Gasteiger partial charge in [-0.2, -0.15) is 0 Å². The maximum Gasteiger partial charge on any atom is 0.253 e. The van der Waals surface area contributed by atoms with E-state index in [1.54, 1.807) is 33.8 Å². The fourth-order valence-corrected chi connectivity index (χ4v) is 3.33. The van der Waals surface area contributed by atoms with Crippen molar-refractivity contribution in [2.75, 3.05) is 11.9 Å². The summed E-state index contributed by atoms with van der Waals surface area (Å²) >= 11 is 0. The van der Waals surface area contributed by atoms with Gasteiger partial charge in [-0.15, -0.1) is 0 Å². The van der Waals surface area contributed by atoms with Gasteiger partial charge in [0.05, 0.1) is 12.1 Å². The zero-order valence-corrected chi connectivity index (χ0v) is 15.7. The van der Waals surface area contributed by atoms with Crippen LogP contribution in [0.25, 0.3) is 0 Å². The van der Waals surface area contributed by atoms with Gasteiger partial charge in [0.15, 0.2) is 0 Å². The van der Waals surface area contributed by atoms with E-state index in [0.29, 0.717) is 5.57 Å². The molecule has 1 unspecified atom stereocenters. The number of para-hydroxylation sites is 1. The van der Waals surface area contributed by atoms with Gasteiger partial charge in [0.25, 0.3) is 5.91 Å². The second-order valence-electron chi connectivity index (χ2n) is 7.73. The number of hydrogen-bond acceptors (Lipinski definition) is 3. The van der Waals surface area contributed by atoms with Crippen LogP contribution in [0.2, 0.25) is 0 Å². The monoisotopic (exact) mass is 345 g/mol. The van der Waals surface area contributed by atoms with E-state index in [4.69, 9.17) is 0 Å². The predicted molar refractivity (Wildman–Crippen MR) is 98.1 cm³/mol. The minimum Gasteiger partial charge on any atom is -0.633 e. The van der Waals surface area contributed by atoms with Crippen LogP contribution in [-0.4, -0.2) is 29.4 Å². The molecule has 136 valence electrons. The van der Waals surface area contributed by atoms with Crippen molar-refractivity contribution in [2.45, 2.75) is 52.6 Å². The highest BCUT2D eigenvalue weighted by Crippen LogP contribution is 2.24. The maximum atomic E-state index is 12.5. The molecule has 0 radical (unpaired) electrons. The number of hydroxylamine groups is 2. The summed E-state index contributed by atoms with van der Waals surface area (Å²) in [7, 11) is 0. The third-order valence-electron chi connectivity index (χ3n) is 4.73. The largest absolute Gasteiger partial charge is 0.633 e. The van der Waals surface area contributed by atoms with Gasteiger partial charge in [-0.05, 0) is 58.7 Å². The minimum atomic E-state index is -0.851. The Hall–Kier alpha value is -2.18. The van der Waals surface area contributed by atoms with Crippen molar-refractivity contribution < 1.29 is 14.7 Å². The summed E-state index contributed by atoms with van der Waals surface area (Å²) in [5.41, 5.74) is 1.59. The van der Waals surface area contributed by atoms with Crippen LogP contribution in [0, 0.1) is 19.1 Å². The van der Waals surface area contributed by atoms with E-state index in [9.17, 15) is 14.8 Å². The Morgan fingerprint density at radius 3 is 2.16 bits per heavy atom. The Morgan fingerprint density at radius 2 is 1.68 bits per heavy atom. The Kier molecular flexibility index (Phi) is 5.06. The third kappa shape index (κ3) is 3.75. The second-order valence-corrected chi connectivity index (χ2v) is 7.73. The topological polar surface area (TPSA) is 85.7 Å². The van der Waals surface area contributed by atoms with Crippen LogP contribution in [0.4, 0.5) is 5.69 Å². The molecule has 1 heterocycles. The van der Waals surface area contributed by atoms with E-state index in [-0.39, 0.29) is 23.4 Å². The van der Waals surface area contributed by atoms with Crippen molar-refractivity contribution >= 4 is 17.5 Å². The van der Waals surface area contributed by atoms with Crippen LogP contribution in [0.3, 0.4) is 0 Å². The molecule has 0 bridgehead atoms. The Balaban J connectivity index is 2.02. The van der Waals surface area contributed by atoms with E-state index >= 15 is 0 Å². The zero-order chi connectivity index (χ0) is 19.0. The molecule has 1 aliphatic rings. The molecule has 2 rings (SSSR count). The molecule has 0 spiro atoms. The van der Waals surface area contributed by atoms with Crippen molar-refractivity contribution in [1.29, 1.82) is 0 Å². The number of rotatable bonds is 4. The summed E-state index contributed by atoms with van der Waals surface area (Å²) in [5, 5.41) is 17.9. The number of aryl methyl sites for hydroxylation is 2. The van der Waals surface area contributed by atoms with Gasteiger partial charge in [-0.1, -0.05) is 18.2 Å². The van der Waals surface area contributed by atoms with Crippen LogP contribution in [-0.2, 0) is 9.59 Å². The summed E-state index contributed by atoms with van der Waals surface area (Å²) in [4.78, 5) is 24.7. The molecular weight excluding hydrogens is 318 g/mol. The van der Waals surface area contributed by atoms with Crippen LogP contribution < -0.4 is 15.7 Å². The molecule has 0 fully saturated rings. The first-order chi connectivity index (χ1) is 11.5. The predicted octanol–water partition coefficient (Wildman–Crippen LogP) is 1.24. The van der Waals surface area contributed by atoms with Crippen molar-refractivity contribution in [3.05, 3.63) is 46.2 Å². The number of anilines is 1. The first kappa shape index (κ1) is 19.1. The normalized spacial score (nSPS) is 20.8. The van der Waals surface area contributed by atoms with Gasteiger partial charge in [0.2, 0.25) is 5.91 Å². The molecule has 0 saturated carbocycles. The van der Waals surface area contributed by atoms with Crippen LogP contribution >= 0.6 is 0 Å². The molecule has 25 heavy (non-hydrogen) atoms. The highest BCUT2D eigenvalue weighted by Gasteiger charge is 2.48. The lowest BCUT2D eigenvalue weighted by molar-refractivity contribution is -0.927. The lowest BCUT2D eigenvalue weighted by Gasteiger charge is -2.41. The molecule has 0 saturated heterocycles. The quantitative estimate of drug-likeness (QED) is 0.718. The van der Waals surface area contributed by atoms with Crippen molar-refractivity contribution in [2.24, 2.45) is 0 Å². The summed E-state index contributed by atoms with van der Waals surface area (Å²) in [6.07, 6.45) is 1.70. The third-order valence-corrected chi connectivity index (χ3v) is 4.73. The Morgan fingerprint density at radius 1 is 1.12 bits per heavy atom. The fourth-order valence-electron chi connectivity index (χ4n) is 3.33. The van der Waals surface area contributed by atoms with E-state index in [0.717, 1.165) is 16.8 Å². The summed E-state index contributed by atoms with van der Waals surface area (Å²) in [6.45, 7) is 10.8. The van der Waals surface area contributed by atoms with Crippen LogP contribution in [0.15, 0.2) is 29.8 Å². The highest BCUT2D eigenvalue weighted by molar-refractivity contribution is 6.00. The second kappa shape index (κ2) is 6.61. The molecule has 1 aromatic carbocycles. The number of benzene rings is 1. The van der Waals surface area contributed by atoms with Gasteiger partial charge >= 0.3 is 0 Å². The standard InChI is InChI=1S/C19H27N3O3/c1-12-8-7-9-13(2)16(12)21-15(23)11-20-17(24)14-10-18(3,4)22(25)19(14,5)6/h7-10,22H,11H2,1-6H3,(H,20,24)(H,21,23). The molecule has 6 nitrogen and oxygen atoms in total. The van der Waals surface area contributed by atoms with E-state index < -0.39 is 11.1 Å². The fraction of sp³-hybridized carbons (Fsp3) is 0.474. The van der Waals surface area contributed by atoms with Gasteiger partial charge in [-0.25, -0.2) is 0 Å². The number of hydrogen-bond donors (Lipinski definition) is 3. The van der Waals surface area contributed by atoms with Crippen molar-refractivity contribution in [3.63, 3.8) is 0 Å². The van der Waals surface area contributed by atoms with Gasteiger partial charge in [0.1, 0.15) is 11.1 Å². The molecule has 0 aromatic heterocycles. The number of carbonyl (C=O) groups excluding carboxylic acids is 2. The SMILES string of the molecule is Cc1cccc(C)c1NC(=O)CNC(=O)C1=CC(C)(C)[NH+]([O-])C1(C)C. The highest BCUT2D eigenvalue weighted by atomic mass is 16.5. The average molecular weight is 345 g/mol. The van der Waals surface area contributed by atoms with Crippen molar-refractivity contribution in [1.82, 2.24) is 5.32 Å². The molecule has 6 heteroatoms. The molecular formula is C19H27N3O3. The van der Waals surface area contributed by atoms with Crippen LogP contribution in [0.5, 0.6) is 0 Å². The molecule has 3 N–H and O–H groups in total. The Bertz CT molecular complexity index is 715. The number of amides is 2. The Labute approximate surface area is 148 Å². The first-order valence-electron chi connectivity index (χ1n) is 8.39. The van der Waals surface area contributed by atoms with Gasteiger partial charge in [0, 0.05) is 5.69 Å². The summed E-state index contributed by atoms with van der Waals surface area (Å²) in [5.74, 6) is -0.673. The average Bonchev–Trinajstić information content (AvgIpc) is 2.68. The number of nitrogens with one attached hydrogen (secondary N) is 3. The lowest BCUT2D eigenvalue weighted by atomic mass is 9.96. The van der Waals surface area contributed by atoms with Gasteiger partial charge in [-0.3, -0.25) is 9.59 Å². The molecule has 1 aromatic rings. The van der Waals surface area contributed by atoms with Crippen molar-refractivity contribution in [3.8, 4) is 0 Å². The number of quaternary nitrogens is 1. The summed E-state index contributed by atoms with van der Waals surface area (Å²) < 4.78 is 0. The minimum absolute atomic E-state index is 0.00476. The zero-order valence-electron chi connectivity index (χ0n) is 15.7. The first-order valence-corrected chi connectivity index (χ1v) is 8.39. The summed E-state index contributed by atoms with van der Waals surface area (Å²) in [6, 6.07) is 5.76. The smallest absolute Gasteiger partial charge is 0.253 e. The maximum absolute atomic E-state index is 12.5. The van der Waals surface area contributed by atoms with E-state index in [1.807, 2.05) is 32.0 Å². The number of carbonyl (C=O) groups is 2. The molecule has 1 atom stereocenters. The van der Waals surface area contributed by atoms with E-state index in [2.05, 4.69) is 10.6 Å². The lowest BCUT2D eigenvalue weighted by Crippen LogP contribution is -3.20.